The molecule has 142 valence electrons. The molecule has 0 atom stereocenters. The molecule has 0 amide bonds. The van der Waals surface area contributed by atoms with Gasteiger partial charge in [-0.05, 0) is 50.6 Å². The van der Waals surface area contributed by atoms with Crippen molar-refractivity contribution in [3.05, 3.63) is 65.7 Å². The fourth-order valence-corrected chi connectivity index (χ4v) is 4.78. The highest BCUT2D eigenvalue weighted by molar-refractivity contribution is 7.19. The van der Waals surface area contributed by atoms with Crippen LogP contribution in [0.2, 0.25) is 0 Å². The maximum absolute atomic E-state index is 4.14. The van der Waals surface area contributed by atoms with Gasteiger partial charge < -0.3 is 0 Å². The number of nitrogens with one attached hydrogen (secondary N) is 1. The first kappa shape index (κ1) is 18.6. The SMILES string of the molecule is CC(C)c1ccccc1-c1cc(-c2nnn[nH]2)sc1-c1ccccc1C(C)C. The highest BCUT2D eigenvalue weighted by Gasteiger charge is 2.20. The summed E-state index contributed by atoms with van der Waals surface area (Å²) in [6.07, 6.45) is 0. The van der Waals surface area contributed by atoms with Crippen LogP contribution in [0.5, 0.6) is 0 Å². The predicted octanol–water partition coefficient (Wildman–Crippen LogP) is 6.51. The lowest BCUT2D eigenvalue weighted by atomic mass is 9.89. The standard InChI is InChI=1S/C23H24N4S/c1-14(2)16-9-5-7-11-18(16)20-13-21(23-24-26-27-25-23)28-22(20)19-12-8-6-10-17(19)15(3)4/h5-15H,1-4H3,(H,24,25,26,27). The summed E-state index contributed by atoms with van der Waals surface area (Å²) in [5.41, 5.74) is 6.52. The molecule has 0 saturated carbocycles. The molecule has 5 heteroatoms. The summed E-state index contributed by atoms with van der Waals surface area (Å²) in [5, 5.41) is 14.6. The largest absolute Gasteiger partial charge is 0.238 e. The highest BCUT2D eigenvalue weighted by atomic mass is 32.1. The van der Waals surface area contributed by atoms with Crippen LogP contribution in [0.3, 0.4) is 0 Å². The minimum Gasteiger partial charge on any atom is -0.238 e. The van der Waals surface area contributed by atoms with Crippen molar-refractivity contribution < 1.29 is 0 Å². The lowest BCUT2D eigenvalue weighted by Gasteiger charge is -2.16. The van der Waals surface area contributed by atoms with Gasteiger partial charge in [0.1, 0.15) is 0 Å². The van der Waals surface area contributed by atoms with Crippen molar-refractivity contribution in [2.24, 2.45) is 0 Å². The summed E-state index contributed by atoms with van der Waals surface area (Å²) in [7, 11) is 0. The van der Waals surface area contributed by atoms with Crippen LogP contribution in [0.1, 0.15) is 50.7 Å². The second-order valence-corrected chi connectivity index (χ2v) is 8.64. The predicted molar refractivity (Wildman–Crippen MR) is 117 cm³/mol. The molecular weight excluding hydrogens is 364 g/mol. The summed E-state index contributed by atoms with van der Waals surface area (Å²) in [4.78, 5) is 2.32. The van der Waals surface area contributed by atoms with Crippen LogP contribution >= 0.6 is 11.3 Å². The Labute approximate surface area is 169 Å². The lowest BCUT2D eigenvalue weighted by molar-refractivity contribution is 0.868. The molecular formula is C23H24N4S. The number of thiophene rings is 1. The van der Waals surface area contributed by atoms with Gasteiger partial charge in [-0.3, -0.25) is 0 Å². The summed E-state index contributed by atoms with van der Waals surface area (Å²) < 4.78 is 0. The average Bonchev–Trinajstić information content (AvgIpc) is 3.37. The molecule has 0 saturated heterocycles. The summed E-state index contributed by atoms with van der Waals surface area (Å²) >= 11 is 1.74. The molecule has 0 aliphatic heterocycles. The van der Waals surface area contributed by atoms with E-state index >= 15 is 0 Å². The van der Waals surface area contributed by atoms with Gasteiger partial charge in [0.2, 0.25) is 0 Å². The van der Waals surface area contributed by atoms with E-state index in [1.165, 1.54) is 32.7 Å². The van der Waals surface area contributed by atoms with Crippen LogP contribution in [0.4, 0.5) is 0 Å². The minimum absolute atomic E-state index is 0.444. The zero-order chi connectivity index (χ0) is 19.7. The van der Waals surface area contributed by atoms with Crippen molar-refractivity contribution in [2.75, 3.05) is 0 Å². The molecule has 0 bridgehead atoms. The molecule has 2 heterocycles. The molecule has 28 heavy (non-hydrogen) atoms. The molecule has 4 rings (SSSR count). The van der Waals surface area contributed by atoms with Crippen molar-refractivity contribution in [2.45, 2.75) is 39.5 Å². The van der Waals surface area contributed by atoms with Crippen molar-refractivity contribution >= 4 is 11.3 Å². The van der Waals surface area contributed by atoms with Crippen molar-refractivity contribution in [3.63, 3.8) is 0 Å². The van der Waals surface area contributed by atoms with Gasteiger partial charge in [0.25, 0.3) is 0 Å². The number of hydrogen-bond acceptors (Lipinski definition) is 4. The molecule has 0 unspecified atom stereocenters. The van der Waals surface area contributed by atoms with Gasteiger partial charge in [0, 0.05) is 10.4 Å². The Bertz CT molecular complexity index is 1010. The number of H-pyrrole nitrogens is 1. The molecule has 0 spiro atoms. The van der Waals surface area contributed by atoms with E-state index in [9.17, 15) is 0 Å². The number of rotatable bonds is 5. The van der Waals surface area contributed by atoms with E-state index in [0.29, 0.717) is 17.7 Å². The van der Waals surface area contributed by atoms with E-state index in [0.717, 1.165) is 4.88 Å². The highest BCUT2D eigenvalue weighted by Crippen LogP contribution is 2.46. The quantitative estimate of drug-likeness (QED) is 0.424. The van der Waals surface area contributed by atoms with Gasteiger partial charge in [-0.1, -0.05) is 76.2 Å². The van der Waals surface area contributed by atoms with Crippen LogP contribution in [-0.2, 0) is 0 Å². The Balaban J connectivity index is 1.99. The Kier molecular flexibility index (Phi) is 5.09. The number of aromatic amines is 1. The van der Waals surface area contributed by atoms with Gasteiger partial charge >= 0.3 is 0 Å². The first-order valence-corrected chi connectivity index (χ1v) is 10.4. The van der Waals surface area contributed by atoms with E-state index in [1.54, 1.807) is 11.3 Å². The van der Waals surface area contributed by atoms with Crippen LogP contribution < -0.4 is 0 Å². The molecule has 0 radical (unpaired) electrons. The lowest BCUT2D eigenvalue weighted by Crippen LogP contribution is -1.94. The van der Waals surface area contributed by atoms with E-state index in [4.69, 9.17) is 0 Å². The van der Waals surface area contributed by atoms with Gasteiger partial charge in [-0.2, -0.15) is 0 Å². The fourth-order valence-electron chi connectivity index (χ4n) is 3.62. The third-order valence-electron chi connectivity index (χ3n) is 5.01. The zero-order valence-corrected chi connectivity index (χ0v) is 17.4. The van der Waals surface area contributed by atoms with Crippen LogP contribution in [0.25, 0.3) is 32.3 Å². The number of nitrogens with zero attached hydrogens (tertiary/aromatic N) is 3. The molecule has 0 fully saturated rings. The second kappa shape index (κ2) is 7.68. The minimum atomic E-state index is 0.444. The third-order valence-corrected chi connectivity index (χ3v) is 6.19. The van der Waals surface area contributed by atoms with Gasteiger partial charge in [0.15, 0.2) is 5.82 Å². The van der Waals surface area contributed by atoms with E-state index < -0.39 is 0 Å². The maximum atomic E-state index is 4.14. The number of aromatic nitrogens is 4. The number of tetrazole rings is 1. The van der Waals surface area contributed by atoms with E-state index in [2.05, 4.69) is 103 Å². The Morgan fingerprint density at radius 3 is 2.00 bits per heavy atom. The van der Waals surface area contributed by atoms with E-state index in [-0.39, 0.29) is 0 Å². The van der Waals surface area contributed by atoms with Crippen LogP contribution in [-0.4, -0.2) is 20.6 Å². The zero-order valence-electron chi connectivity index (χ0n) is 16.6. The van der Waals surface area contributed by atoms with E-state index in [1.807, 2.05) is 0 Å². The topological polar surface area (TPSA) is 54.5 Å². The molecule has 4 aromatic rings. The van der Waals surface area contributed by atoms with Crippen LogP contribution in [0.15, 0.2) is 54.6 Å². The fraction of sp³-hybridized carbons (Fsp3) is 0.261. The molecule has 4 nitrogen and oxygen atoms in total. The molecule has 0 aliphatic carbocycles. The van der Waals surface area contributed by atoms with Gasteiger partial charge in [-0.25, -0.2) is 5.10 Å². The van der Waals surface area contributed by atoms with Gasteiger partial charge in [-0.15, -0.1) is 16.4 Å². The monoisotopic (exact) mass is 388 g/mol. The molecule has 0 aliphatic rings. The van der Waals surface area contributed by atoms with Crippen molar-refractivity contribution in [1.29, 1.82) is 0 Å². The molecule has 2 aromatic heterocycles. The smallest absolute Gasteiger partial charge is 0.189 e. The third kappa shape index (κ3) is 3.38. The second-order valence-electron chi connectivity index (χ2n) is 7.59. The molecule has 2 aromatic carbocycles. The van der Waals surface area contributed by atoms with Crippen molar-refractivity contribution in [3.8, 4) is 32.3 Å². The Hall–Kier alpha value is -2.79. The van der Waals surface area contributed by atoms with Crippen molar-refractivity contribution in [1.82, 2.24) is 20.6 Å². The maximum Gasteiger partial charge on any atom is 0.189 e. The van der Waals surface area contributed by atoms with Crippen LogP contribution in [0, 0.1) is 0 Å². The average molecular weight is 389 g/mol. The number of benzene rings is 2. The summed E-state index contributed by atoms with van der Waals surface area (Å²) in [5.74, 6) is 1.60. The first-order chi connectivity index (χ1) is 13.6. The van der Waals surface area contributed by atoms with Gasteiger partial charge in [0.05, 0.1) is 4.88 Å². The molecule has 1 N–H and O–H groups in total. The normalized spacial score (nSPS) is 11.5. The Morgan fingerprint density at radius 2 is 1.39 bits per heavy atom. The Morgan fingerprint density at radius 1 is 0.786 bits per heavy atom. The summed E-state index contributed by atoms with van der Waals surface area (Å²) in [6, 6.07) is 19.6. The number of hydrogen-bond donors (Lipinski definition) is 1. The first-order valence-electron chi connectivity index (χ1n) is 9.62. The summed E-state index contributed by atoms with van der Waals surface area (Å²) in [6.45, 7) is 8.98.